The van der Waals surface area contributed by atoms with Gasteiger partial charge in [0.25, 0.3) is 5.91 Å². The first-order valence-corrected chi connectivity index (χ1v) is 6.72. The number of unbranched alkanes of at least 4 members (excludes halogenated alkanes) is 2. The van der Waals surface area contributed by atoms with E-state index >= 15 is 0 Å². The predicted molar refractivity (Wildman–Crippen MR) is 79.0 cm³/mol. The second-order valence-corrected chi connectivity index (χ2v) is 4.64. The summed E-state index contributed by atoms with van der Waals surface area (Å²) < 4.78 is 0. The van der Waals surface area contributed by atoms with Crippen LogP contribution < -0.4 is 5.32 Å². The third-order valence-electron chi connectivity index (χ3n) is 2.77. The van der Waals surface area contributed by atoms with Gasteiger partial charge in [0.05, 0.1) is 12.7 Å². The van der Waals surface area contributed by atoms with Crippen molar-refractivity contribution in [2.24, 2.45) is 0 Å². The first kappa shape index (κ1) is 15.9. The van der Waals surface area contributed by atoms with Crippen molar-refractivity contribution in [3.8, 4) is 6.07 Å². The van der Waals surface area contributed by atoms with Crippen LogP contribution in [0.15, 0.2) is 30.3 Å². The average molecular weight is 272 g/mol. The molecule has 0 aliphatic rings. The van der Waals surface area contributed by atoms with Crippen molar-refractivity contribution < 1.29 is 9.90 Å². The number of nitriles is 1. The molecule has 0 heterocycles. The molecule has 20 heavy (non-hydrogen) atoms. The number of benzene rings is 1. The Kier molecular flexibility index (Phi) is 7.08. The van der Waals surface area contributed by atoms with Crippen LogP contribution in [0.5, 0.6) is 0 Å². The molecule has 0 bridgehead atoms. The zero-order valence-electron chi connectivity index (χ0n) is 11.7. The van der Waals surface area contributed by atoms with Gasteiger partial charge in [-0.05, 0) is 37.5 Å². The monoisotopic (exact) mass is 272 g/mol. The number of allylic oxidation sites excluding steroid dienone is 1. The van der Waals surface area contributed by atoms with Crippen molar-refractivity contribution in [2.45, 2.75) is 32.2 Å². The third-order valence-corrected chi connectivity index (χ3v) is 2.77. The first-order valence-electron chi connectivity index (χ1n) is 6.72. The van der Waals surface area contributed by atoms with E-state index in [1.807, 2.05) is 24.3 Å². The topological polar surface area (TPSA) is 73.1 Å². The second kappa shape index (κ2) is 8.89. The lowest BCUT2D eigenvalue weighted by molar-refractivity contribution is 0.0922. The van der Waals surface area contributed by atoms with Gasteiger partial charge in [-0.15, -0.1) is 0 Å². The molecule has 4 heteroatoms. The molecule has 1 atom stereocenters. The molecule has 1 aromatic carbocycles. The number of hydrogen-bond donors (Lipinski definition) is 2. The number of hydrogen-bond acceptors (Lipinski definition) is 3. The number of carbonyl (C=O) groups excluding carboxylic acids is 1. The number of aliphatic hydroxyl groups excluding tert-OH is 1. The van der Waals surface area contributed by atoms with Crippen LogP contribution >= 0.6 is 0 Å². The maximum atomic E-state index is 11.9. The second-order valence-electron chi connectivity index (χ2n) is 4.64. The third kappa shape index (κ3) is 5.68. The van der Waals surface area contributed by atoms with E-state index in [1.165, 1.54) is 0 Å². The minimum Gasteiger partial charge on any atom is -0.394 e. The van der Waals surface area contributed by atoms with E-state index < -0.39 is 0 Å². The van der Waals surface area contributed by atoms with Gasteiger partial charge in [0.1, 0.15) is 0 Å². The summed E-state index contributed by atoms with van der Waals surface area (Å²) in [5, 5.41) is 20.1. The van der Waals surface area contributed by atoms with Crippen molar-refractivity contribution in [1.82, 2.24) is 5.32 Å². The molecule has 0 unspecified atom stereocenters. The van der Waals surface area contributed by atoms with E-state index in [1.54, 1.807) is 19.1 Å². The Bertz CT molecular complexity index is 503. The summed E-state index contributed by atoms with van der Waals surface area (Å²) in [6.45, 7) is 1.67. The van der Waals surface area contributed by atoms with Crippen molar-refractivity contribution in [1.29, 1.82) is 5.26 Å². The molecule has 2 N–H and O–H groups in total. The maximum absolute atomic E-state index is 11.9. The standard InChI is InChI=1S/C16H20N2O2/c1-13(12-19)18-16(20)15-9-6-8-14(11-15)7-4-2-3-5-10-17/h4,6-9,11,13,19H,2-3,5,12H2,1H3,(H,18,20)/b7-4-/t13-/m0/s1. The molecule has 0 saturated carbocycles. The van der Waals surface area contributed by atoms with Crippen LogP contribution in [0.1, 0.15) is 42.1 Å². The smallest absolute Gasteiger partial charge is 0.251 e. The minimum atomic E-state index is -0.257. The molecule has 0 fully saturated rings. The van der Waals surface area contributed by atoms with E-state index in [9.17, 15) is 4.79 Å². The Morgan fingerprint density at radius 1 is 1.55 bits per heavy atom. The molecule has 0 radical (unpaired) electrons. The Labute approximate surface area is 119 Å². The first-order chi connectivity index (χ1) is 9.67. The van der Waals surface area contributed by atoms with Crippen molar-refractivity contribution >= 4 is 12.0 Å². The molecule has 0 spiro atoms. The SMILES string of the molecule is C[C@@H](CO)NC(=O)c1cccc(/C=C\CCCC#N)c1. The summed E-state index contributed by atoms with van der Waals surface area (Å²) in [5.41, 5.74) is 1.52. The number of amides is 1. The Morgan fingerprint density at radius 3 is 3.05 bits per heavy atom. The van der Waals surface area contributed by atoms with Crippen LogP contribution in [0.2, 0.25) is 0 Å². The lowest BCUT2D eigenvalue weighted by Crippen LogP contribution is -2.34. The van der Waals surface area contributed by atoms with Gasteiger partial charge < -0.3 is 10.4 Å². The molecule has 106 valence electrons. The predicted octanol–water partition coefficient (Wildman–Crippen LogP) is 2.50. The van der Waals surface area contributed by atoms with E-state index in [0.29, 0.717) is 12.0 Å². The molecule has 0 aliphatic carbocycles. The molecule has 0 saturated heterocycles. The summed E-state index contributed by atoms with van der Waals surface area (Å²) in [7, 11) is 0. The largest absolute Gasteiger partial charge is 0.394 e. The van der Waals surface area contributed by atoms with Crippen molar-refractivity contribution in [3.63, 3.8) is 0 Å². The van der Waals surface area contributed by atoms with Crippen LogP contribution in [-0.4, -0.2) is 23.7 Å². The Hall–Kier alpha value is -2.12. The molecule has 1 amide bonds. The summed E-state index contributed by atoms with van der Waals surface area (Å²) in [4.78, 5) is 11.9. The highest BCUT2D eigenvalue weighted by molar-refractivity contribution is 5.94. The van der Waals surface area contributed by atoms with Gasteiger partial charge >= 0.3 is 0 Å². The number of nitrogens with one attached hydrogen (secondary N) is 1. The average Bonchev–Trinajstić information content (AvgIpc) is 2.47. The van der Waals surface area contributed by atoms with Gasteiger partial charge in [-0.2, -0.15) is 5.26 Å². The van der Waals surface area contributed by atoms with Crippen LogP contribution in [0, 0.1) is 11.3 Å². The summed E-state index contributed by atoms with van der Waals surface area (Å²) >= 11 is 0. The Balaban J connectivity index is 2.61. The molecule has 0 aliphatic heterocycles. The van der Waals surface area contributed by atoms with Gasteiger partial charge in [-0.3, -0.25) is 4.79 Å². The van der Waals surface area contributed by atoms with Gasteiger partial charge in [-0.1, -0.05) is 24.3 Å². The summed E-state index contributed by atoms with van der Waals surface area (Å²) in [6.07, 6.45) is 6.22. The van der Waals surface area contributed by atoms with E-state index in [2.05, 4.69) is 11.4 Å². The number of rotatable bonds is 7. The van der Waals surface area contributed by atoms with E-state index in [-0.39, 0.29) is 18.6 Å². The van der Waals surface area contributed by atoms with Crippen LogP contribution in [0.25, 0.3) is 6.08 Å². The normalized spacial score (nSPS) is 12.1. The lowest BCUT2D eigenvalue weighted by atomic mass is 10.1. The van der Waals surface area contributed by atoms with Gasteiger partial charge in [0.15, 0.2) is 0 Å². The fraction of sp³-hybridized carbons (Fsp3) is 0.375. The summed E-state index contributed by atoms with van der Waals surface area (Å²) in [6, 6.07) is 9.15. The molecular weight excluding hydrogens is 252 g/mol. The van der Waals surface area contributed by atoms with E-state index in [0.717, 1.165) is 18.4 Å². The van der Waals surface area contributed by atoms with Crippen LogP contribution in [-0.2, 0) is 0 Å². The molecule has 1 rings (SSSR count). The maximum Gasteiger partial charge on any atom is 0.251 e. The lowest BCUT2D eigenvalue weighted by Gasteiger charge is -2.10. The van der Waals surface area contributed by atoms with Gasteiger partial charge in [0, 0.05) is 18.0 Å². The van der Waals surface area contributed by atoms with Crippen LogP contribution in [0.3, 0.4) is 0 Å². The van der Waals surface area contributed by atoms with Crippen molar-refractivity contribution in [2.75, 3.05) is 6.61 Å². The fourth-order valence-electron chi connectivity index (χ4n) is 1.65. The molecule has 1 aromatic rings. The number of carbonyl (C=O) groups is 1. The highest BCUT2D eigenvalue weighted by Crippen LogP contribution is 2.09. The quantitative estimate of drug-likeness (QED) is 0.749. The van der Waals surface area contributed by atoms with Crippen molar-refractivity contribution in [3.05, 3.63) is 41.5 Å². The number of nitrogens with zero attached hydrogens (tertiary/aromatic N) is 1. The van der Waals surface area contributed by atoms with Gasteiger partial charge in [-0.25, -0.2) is 0 Å². The highest BCUT2D eigenvalue weighted by Gasteiger charge is 2.08. The highest BCUT2D eigenvalue weighted by atomic mass is 16.3. The summed E-state index contributed by atoms with van der Waals surface area (Å²) in [5.74, 6) is -0.189. The molecular formula is C16H20N2O2. The minimum absolute atomic E-state index is 0.0791. The molecule has 4 nitrogen and oxygen atoms in total. The fourth-order valence-corrected chi connectivity index (χ4v) is 1.65. The Morgan fingerprint density at radius 2 is 2.35 bits per heavy atom. The van der Waals surface area contributed by atoms with Gasteiger partial charge in [0.2, 0.25) is 0 Å². The van der Waals surface area contributed by atoms with Crippen LogP contribution in [0.4, 0.5) is 0 Å². The zero-order chi connectivity index (χ0) is 14.8. The van der Waals surface area contributed by atoms with E-state index in [4.69, 9.17) is 10.4 Å². The number of aliphatic hydroxyl groups is 1. The molecule has 0 aromatic heterocycles. The zero-order valence-corrected chi connectivity index (χ0v) is 11.7.